The number of benzene rings is 2. The SMILES string of the molecule is O=C(Nc1cnn(Cc2ccc(Cl)c(Cl)c2)c1)c1ccc(COc2ccc(Br)cc2)o1. The number of amides is 1. The van der Waals surface area contributed by atoms with Crippen molar-refractivity contribution in [3.8, 4) is 5.75 Å². The lowest BCUT2D eigenvalue weighted by Crippen LogP contribution is -2.10. The zero-order valence-electron chi connectivity index (χ0n) is 16.0. The van der Waals surface area contributed by atoms with Gasteiger partial charge in [-0.3, -0.25) is 9.48 Å². The topological polar surface area (TPSA) is 69.3 Å². The van der Waals surface area contributed by atoms with E-state index in [1.807, 2.05) is 30.3 Å². The number of halogens is 3. The van der Waals surface area contributed by atoms with Crippen molar-refractivity contribution in [2.24, 2.45) is 0 Å². The van der Waals surface area contributed by atoms with Crippen LogP contribution in [0.3, 0.4) is 0 Å². The first-order valence-corrected chi connectivity index (χ1v) is 10.8. The van der Waals surface area contributed by atoms with Gasteiger partial charge in [0.2, 0.25) is 0 Å². The molecule has 4 rings (SSSR count). The molecule has 2 heterocycles. The predicted molar refractivity (Wildman–Crippen MR) is 123 cm³/mol. The lowest BCUT2D eigenvalue weighted by molar-refractivity contribution is 0.0992. The fourth-order valence-electron chi connectivity index (χ4n) is 2.80. The van der Waals surface area contributed by atoms with Gasteiger partial charge in [0.25, 0.3) is 5.91 Å². The van der Waals surface area contributed by atoms with Crippen LogP contribution in [0.15, 0.2) is 75.9 Å². The van der Waals surface area contributed by atoms with Gasteiger partial charge in [0.1, 0.15) is 18.1 Å². The second-order valence-electron chi connectivity index (χ2n) is 6.64. The van der Waals surface area contributed by atoms with Crippen molar-refractivity contribution in [3.63, 3.8) is 0 Å². The van der Waals surface area contributed by atoms with E-state index >= 15 is 0 Å². The number of nitrogens with one attached hydrogen (secondary N) is 1. The van der Waals surface area contributed by atoms with Gasteiger partial charge in [-0.15, -0.1) is 0 Å². The number of hydrogen-bond acceptors (Lipinski definition) is 4. The minimum absolute atomic E-state index is 0.187. The van der Waals surface area contributed by atoms with Gasteiger partial charge < -0.3 is 14.5 Å². The van der Waals surface area contributed by atoms with E-state index < -0.39 is 0 Å². The summed E-state index contributed by atoms with van der Waals surface area (Å²) in [5, 5.41) is 8.01. The molecule has 0 fully saturated rings. The molecule has 0 saturated carbocycles. The molecule has 31 heavy (non-hydrogen) atoms. The van der Waals surface area contributed by atoms with Gasteiger partial charge in [-0.05, 0) is 54.1 Å². The molecule has 0 aliphatic heterocycles. The summed E-state index contributed by atoms with van der Waals surface area (Å²) in [5.74, 6) is 1.07. The highest BCUT2D eigenvalue weighted by molar-refractivity contribution is 9.10. The summed E-state index contributed by atoms with van der Waals surface area (Å²) in [6.45, 7) is 0.710. The number of anilines is 1. The van der Waals surface area contributed by atoms with Crippen molar-refractivity contribution >= 4 is 50.7 Å². The number of aromatic nitrogens is 2. The largest absolute Gasteiger partial charge is 0.486 e. The Morgan fingerprint density at radius 2 is 1.90 bits per heavy atom. The summed E-state index contributed by atoms with van der Waals surface area (Å²) in [4.78, 5) is 12.5. The Labute approximate surface area is 196 Å². The van der Waals surface area contributed by atoms with Crippen LogP contribution in [-0.2, 0) is 13.2 Å². The third kappa shape index (κ3) is 5.70. The molecule has 4 aromatic rings. The van der Waals surface area contributed by atoms with E-state index in [1.54, 1.807) is 41.3 Å². The molecule has 1 amide bonds. The molecule has 0 radical (unpaired) electrons. The third-order valence-electron chi connectivity index (χ3n) is 4.30. The van der Waals surface area contributed by atoms with Gasteiger partial charge in [-0.25, -0.2) is 0 Å². The molecule has 0 aliphatic carbocycles. The monoisotopic (exact) mass is 519 g/mol. The summed E-state index contributed by atoms with van der Waals surface area (Å²) in [5.41, 5.74) is 1.49. The molecule has 6 nitrogen and oxygen atoms in total. The van der Waals surface area contributed by atoms with Crippen LogP contribution in [0.2, 0.25) is 10.0 Å². The van der Waals surface area contributed by atoms with Gasteiger partial charge in [-0.2, -0.15) is 5.10 Å². The summed E-state index contributed by atoms with van der Waals surface area (Å²) >= 11 is 15.4. The molecular weight excluding hydrogens is 505 g/mol. The maximum atomic E-state index is 12.5. The number of ether oxygens (including phenoxy) is 1. The molecule has 158 valence electrons. The number of rotatable bonds is 7. The molecule has 2 aromatic heterocycles. The number of hydrogen-bond donors (Lipinski definition) is 1. The van der Waals surface area contributed by atoms with E-state index in [0.29, 0.717) is 33.8 Å². The van der Waals surface area contributed by atoms with E-state index in [2.05, 4.69) is 26.3 Å². The van der Waals surface area contributed by atoms with Gasteiger partial charge in [-0.1, -0.05) is 45.2 Å². The van der Waals surface area contributed by atoms with Crippen molar-refractivity contribution in [1.29, 1.82) is 0 Å². The normalized spacial score (nSPS) is 10.8. The maximum absolute atomic E-state index is 12.5. The first-order valence-electron chi connectivity index (χ1n) is 9.21. The highest BCUT2D eigenvalue weighted by atomic mass is 79.9. The Hall–Kier alpha value is -2.74. The third-order valence-corrected chi connectivity index (χ3v) is 5.57. The fourth-order valence-corrected chi connectivity index (χ4v) is 3.38. The Kier molecular flexibility index (Phi) is 6.65. The fraction of sp³-hybridized carbons (Fsp3) is 0.0909. The summed E-state index contributed by atoms with van der Waals surface area (Å²) in [6, 6.07) is 16.2. The lowest BCUT2D eigenvalue weighted by atomic mass is 10.2. The molecule has 0 aliphatic rings. The zero-order valence-corrected chi connectivity index (χ0v) is 19.1. The van der Waals surface area contributed by atoms with Crippen LogP contribution < -0.4 is 10.1 Å². The standard InChI is InChI=1S/C22H16BrCl2N3O3/c23-15-2-4-17(5-3-15)30-13-18-6-8-21(31-18)22(29)27-16-10-26-28(12-16)11-14-1-7-19(24)20(25)9-14/h1-10,12H,11,13H2,(H,27,29). The van der Waals surface area contributed by atoms with Crippen LogP contribution in [0.25, 0.3) is 0 Å². The summed E-state index contributed by atoms with van der Waals surface area (Å²) in [6.07, 6.45) is 3.29. The molecule has 1 N–H and O–H groups in total. The Morgan fingerprint density at radius 1 is 1.10 bits per heavy atom. The quantitative estimate of drug-likeness (QED) is 0.305. The number of furan rings is 1. The van der Waals surface area contributed by atoms with Crippen LogP contribution in [0.4, 0.5) is 5.69 Å². The van der Waals surface area contributed by atoms with Crippen molar-refractivity contribution in [2.45, 2.75) is 13.2 Å². The summed E-state index contributed by atoms with van der Waals surface area (Å²) < 4.78 is 13.9. The highest BCUT2D eigenvalue weighted by Crippen LogP contribution is 2.23. The van der Waals surface area contributed by atoms with Crippen molar-refractivity contribution in [3.05, 3.63) is 98.6 Å². The molecule has 0 spiro atoms. The van der Waals surface area contributed by atoms with Gasteiger partial charge in [0.05, 0.1) is 28.5 Å². The smallest absolute Gasteiger partial charge is 0.291 e. The first-order chi connectivity index (χ1) is 15.0. The van der Waals surface area contributed by atoms with E-state index in [4.69, 9.17) is 32.4 Å². The molecule has 0 unspecified atom stereocenters. The predicted octanol–water partition coefficient (Wildman–Crippen LogP) is 6.43. The van der Waals surface area contributed by atoms with Crippen LogP contribution in [0, 0.1) is 0 Å². The van der Waals surface area contributed by atoms with Crippen LogP contribution in [-0.4, -0.2) is 15.7 Å². The summed E-state index contributed by atoms with van der Waals surface area (Å²) in [7, 11) is 0. The second-order valence-corrected chi connectivity index (χ2v) is 8.37. The van der Waals surface area contributed by atoms with Crippen LogP contribution >= 0.6 is 39.1 Å². The Bertz CT molecular complexity index is 1200. The number of carbonyl (C=O) groups excluding carboxylic acids is 1. The van der Waals surface area contributed by atoms with Crippen LogP contribution in [0.1, 0.15) is 21.9 Å². The van der Waals surface area contributed by atoms with E-state index in [-0.39, 0.29) is 18.3 Å². The Balaban J connectivity index is 1.33. The minimum Gasteiger partial charge on any atom is -0.486 e. The molecule has 0 atom stereocenters. The van der Waals surface area contributed by atoms with Crippen molar-refractivity contribution in [1.82, 2.24) is 9.78 Å². The lowest BCUT2D eigenvalue weighted by Gasteiger charge is -2.04. The van der Waals surface area contributed by atoms with E-state index in [9.17, 15) is 4.79 Å². The molecule has 2 aromatic carbocycles. The average molecular weight is 521 g/mol. The molecule has 9 heteroatoms. The second kappa shape index (κ2) is 9.60. The molecule has 0 saturated heterocycles. The number of carbonyl (C=O) groups is 1. The molecular formula is C22H16BrCl2N3O3. The zero-order chi connectivity index (χ0) is 21.8. The number of nitrogens with zero attached hydrogens (tertiary/aromatic N) is 2. The Morgan fingerprint density at radius 3 is 2.68 bits per heavy atom. The average Bonchev–Trinajstić information content (AvgIpc) is 3.40. The van der Waals surface area contributed by atoms with Gasteiger partial charge in [0.15, 0.2) is 5.76 Å². The van der Waals surface area contributed by atoms with Gasteiger partial charge >= 0.3 is 0 Å². The van der Waals surface area contributed by atoms with Crippen molar-refractivity contribution < 1.29 is 13.9 Å². The van der Waals surface area contributed by atoms with Crippen LogP contribution in [0.5, 0.6) is 5.75 Å². The van der Waals surface area contributed by atoms with Crippen molar-refractivity contribution in [2.75, 3.05) is 5.32 Å². The first kappa shape index (κ1) is 21.5. The van der Waals surface area contributed by atoms with E-state index in [1.165, 1.54) is 0 Å². The molecule has 0 bridgehead atoms. The highest BCUT2D eigenvalue weighted by Gasteiger charge is 2.13. The van der Waals surface area contributed by atoms with E-state index in [0.717, 1.165) is 10.0 Å². The maximum Gasteiger partial charge on any atom is 0.291 e. The minimum atomic E-state index is -0.371. The van der Waals surface area contributed by atoms with Gasteiger partial charge in [0, 0.05) is 10.7 Å².